The van der Waals surface area contributed by atoms with Crippen molar-refractivity contribution in [2.24, 2.45) is 5.10 Å². The first-order valence-corrected chi connectivity index (χ1v) is 9.15. The van der Waals surface area contributed by atoms with Crippen LogP contribution in [0.1, 0.15) is 11.1 Å². The highest BCUT2D eigenvalue weighted by molar-refractivity contribution is 6.41. The van der Waals surface area contributed by atoms with Crippen molar-refractivity contribution in [1.82, 2.24) is 5.43 Å². The number of para-hydroxylation sites is 1. The Bertz CT molecular complexity index is 1020. The van der Waals surface area contributed by atoms with Crippen LogP contribution >= 0.6 is 11.6 Å². The van der Waals surface area contributed by atoms with Crippen LogP contribution in [0.5, 0.6) is 5.75 Å². The molecule has 0 heterocycles. The summed E-state index contributed by atoms with van der Waals surface area (Å²) in [6, 6.07) is 23.7. The Kier molecular flexibility index (Phi) is 6.97. The van der Waals surface area contributed by atoms with E-state index in [9.17, 15) is 9.59 Å². The lowest BCUT2D eigenvalue weighted by Crippen LogP contribution is -2.32. The molecule has 3 rings (SSSR count). The van der Waals surface area contributed by atoms with E-state index in [1.165, 1.54) is 6.21 Å². The first kappa shape index (κ1) is 20.1. The summed E-state index contributed by atoms with van der Waals surface area (Å²) in [6.45, 7) is 0.445. The molecule has 0 aliphatic rings. The Hall–Kier alpha value is -3.64. The van der Waals surface area contributed by atoms with Crippen molar-refractivity contribution in [3.63, 3.8) is 0 Å². The zero-order valence-corrected chi connectivity index (χ0v) is 16.1. The topological polar surface area (TPSA) is 79.8 Å². The van der Waals surface area contributed by atoms with Crippen molar-refractivity contribution in [2.45, 2.75) is 6.61 Å². The number of carbonyl (C=O) groups is 2. The van der Waals surface area contributed by atoms with E-state index in [-0.39, 0.29) is 0 Å². The smallest absolute Gasteiger partial charge is 0.329 e. The number of carbonyl (C=O) groups excluding carboxylic acids is 2. The van der Waals surface area contributed by atoms with Crippen LogP contribution in [0.4, 0.5) is 5.69 Å². The fourth-order valence-electron chi connectivity index (χ4n) is 2.38. The van der Waals surface area contributed by atoms with E-state index in [0.29, 0.717) is 28.6 Å². The largest absolute Gasteiger partial charge is 0.489 e. The van der Waals surface area contributed by atoms with Crippen LogP contribution in [0, 0.1) is 0 Å². The molecule has 146 valence electrons. The predicted molar refractivity (Wildman–Crippen MR) is 113 cm³/mol. The number of halogens is 1. The van der Waals surface area contributed by atoms with Gasteiger partial charge in [-0.15, -0.1) is 0 Å². The third-order valence-corrected chi connectivity index (χ3v) is 4.14. The molecule has 3 aromatic rings. The van der Waals surface area contributed by atoms with Crippen molar-refractivity contribution >= 4 is 35.3 Å². The molecule has 7 heteroatoms. The van der Waals surface area contributed by atoms with Gasteiger partial charge in [0.15, 0.2) is 0 Å². The van der Waals surface area contributed by atoms with Crippen LogP contribution in [0.25, 0.3) is 0 Å². The first-order valence-electron chi connectivity index (χ1n) is 8.77. The van der Waals surface area contributed by atoms with Crippen molar-refractivity contribution in [2.75, 3.05) is 5.32 Å². The van der Waals surface area contributed by atoms with Gasteiger partial charge in [-0.25, -0.2) is 5.43 Å². The quantitative estimate of drug-likeness (QED) is 0.368. The molecule has 0 atom stereocenters. The maximum Gasteiger partial charge on any atom is 0.329 e. The number of anilines is 1. The second-order valence-corrected chi connectivity index (χ2v) is 6.39. The van der Waals surface area contributed by atoms with Gasteiger partial charge in [0.25, 0.3) is 0 Å². The summed E-state index contributed by atoms with van der Waals surface area (Å²) in [4.78, 5) is 23.8. The summed E-state index contributed by atoms with van der Waals surface area (Å²) in [5, 5.41) is 6.57. The highest BCUT2D eigenvalue weighted by atomic mass is 35.5. The number of hydrogen-bond donors (Lipinski definition) is 2. The normalized spacial score (nSPS) is 10.5. The summed E-state index contributed by atoms with van der Waals surface area (Å²) in [7, 11) is 0. The fraction of sp³-hybridized carbons (Fsp3) is 0.0455. The van der Waals surface area contributed by atoms with E-state index < -0.39 is 11.8 Å². The van der Waals surface area contributed by atoms with Gasteiger partial charge in [-0.1, -0.05) is 66.2 Å². The van der Waals surface area contributed by atoms with Crippen LogP contribution in [0.2, 0.25) is 5.02 Å². The SMILES string of the molecule is O=C(N/N=C\c1cccc(OCc2ccccc2)c1)C(=O)Nc1ccccc1Cl. The summed E-state index contributed by atoms with van der Waals surface area (Å²) in [5.74, 6) is -1.10. The number of nitrogens with one attached hydrogen (secondary N) is 2. The molecule has 0 radical (unpaired) electrons. The minimum absolute atomic E-state index is 0.337. The van der Waals surface area contributed by atoms with E-state index in [1.54, 1.807) is 36.4 Å². The van der Waals surface area contributed by atoms with E-state index in [4.69, 9.17) is 16.3 Å². The number of amides is 2. The van der Waals surface area contributed by atoms with Crippen LogP contribution in [-0.4, -0.2) is 18.0 Å². The summed E-state index contributed by atoms with van der Waals surface area (Å²) in [6.07, 6.45) is 1.43. The third-order valence-electron chi connectivity index (χ3n) is 3.81. The molecule has 2 amide bonds. The van der Waals surface area contributed by atoms with Crippen LogP contribution in [-0.2, 0) is 16.2 Å². The molecular formula is C22H18ClN3O3. The Balaban J connectivity index is 1.52. The predicted octanol–water partition coefficient (Wildman–Crippen LogP) is 4.01. The highest BCUT2D eigenvalue weighted by Gasteiger charge is 2.14. The molecule has 0 aromatic heterocycles. The molecule has 0 bridgehead atoms. The minimum atomic E-state index is -0.905. The summed E-state index contributed by atoms with van der Waals surface area (Å²) in [5.41, 5.74) is 4.30. The maximum absolute atomic E-state index is 11.9. The molecule has 0 aliphatic heterocycles. The molecular weight excluding hydrogens is 390 g/mol. The molecule has 0 saturated carbocycles. The fourth-order valence-corrected chi connectivity index (χ4v) is 2.57. The molecule has 3 aromatic carbocycles. The lowest BCUT2D eigenvalue weighted by Gasteiger charge is -2.07. The van der Waals surface area contributed by atoms with E-state index in [0.717, 1.165) is 5.56 Å². The molecule has 6 nitrogen and oxygen atoms in total. The first-order chi connectivity index (χ1) is 14.1. The second-order valence-electron chi connectivity index (χ2n) is 5.98. The Morgan fingerprint density at radius 2 is 1.69 bits per heavy atom. The van der Waals surface area contributed by atoms with Gasteiger partial charge in [0, 0.05) is 0 Å². The number of rotatable bonds is 6. The van der Waals surface area contributed by atoms with Crippen LogP contribution in [0.15, 0.2) is 84.0 Å². The number of ether oxygens (including phenoxy) is 1. The number of nitrogens with zero attached hydrogens (tertiary/aromatic N) is 1. The summed E-state index contributed by atoms with van der Waals surface area (Å²) < 4.78 is 5.75. The third kappa shape index (κ3) is 6.19. The zero-order chi connectivity index (χ0) is 20.5. The zero-order valence-electron chi connectivity index (χ0n) is 15.3. The van der Waals surface area contributed by atoms with Gasteiger partial charge in [-0.3, -0.25) is 9.59 Å². The number of hydrogen-bond acceptors (Lipinski definition) is 4. The lowest BCUT2D eigenvalue weighted by molar-refractivity contribution is -0.136. The maximum atomic E-state index is 11.9. The molecule has 0 unspecified atom stereocenters. The lowest BCUT2D eigenvalue weighted by atomic mass is 10.2. The van der Waals surface area contributed by atoms with Gasteiger partial charge in [0.2, 0.25) is 0 Å². The van der Waals surface area contributed by atoms with Gasteiger partial charge in [0.1, 0.15) is 12.4 Å². The average molecular weight is 408 g/mol. The van der Waals surface area contributed by atoms with Crippen LogP contribution < -0.4 is 15.5 Å². The average Bonchev–Trinajstić information content (AvgIpc) is 2.75. The monoisotopic (exact) mass is 407 g/mol. The molecule has 0 fully saturated rings. The van der Waals surface area contributed by atoms with Crippen molar-refractivity contribution in [3.8, 4) is 5.75 Å². The highest BCUT2D eigenvalue weighted by Crippen LogP contribution is 2.20. The van der Waals surface area contributed by atoms with Gasteiger partial charge in [-0.2, -0.15) is 5.10 Å². The van der Waals surface area contributed by atoms with Gasteiger partial charge < -0.3 is 10.1 Å². The van der Waals surface area contributed by atoms with Crippen molar-refractivity contribution in [3.05, 3.63) is 95.0 Å². The molecule has 0 spiro atoms. The standard InChI is InChI=1S/C22H18ClN3O3/c23-19-11-4-5-12-20(19)25-21(27)22(28)26-24-14-17-9-6-10-18(13-17)29-15-16-7-2-1-3-8-16/h1-14H,15H2,(H,25,27)(H,26,28)/b24-14-. The van der Waals surface area contributed by atoms with E-state index in [1.807, 2.05) is 42.5 Å². The molecule has 0 aliphatic carbocycles. The molecule has 2 N–H and O–H groups in total. The number of benzene rings is 3. The molecule has 0 saturated heterocycles. The minimum Gasteiger partial charge on any atom is -0.489 e. The molecule has 29 heavy (non-hydrogen) atoms. The van der Waals surface area contributed by atoms with E-state index in [2.05, 4.69) is 15.8 Å². The van der Waals surface area contributed by atoms with Gasteiger partial charge in [0.05, 0.1) is 16.9 Å². The van der Waals surface area contributed by atoms with Gasteiger partial charge >= 0.3 is 11.8 Å². The van der Waals surface area contributed by atoms with Gasteiger partial charge in [-0.05, 0) is 35.4 Å². The van der Waals surface area contributed by atoms with Crippen molar-refractivity contribution < 1.29 is 14.3 Å². The van der Waals surface area contributed by atoms with Crippen molar-refractivity contribution in [1.29, 1.82) is 0 Å². The Morgan fingerprint density at radius 1 is 0.931 bits per heavy atom. The number of hydrazone groups is 1. The second kappa shape index (κ2) is 10.1. The Labute approximate surface area is 173 Å². The van der Waals surface area contributed by atoms with E-state index >= 15 is 0 Å². The summed E-state index contributed by atoms with van der Waals surface area (Å²) >= 11 is 5.95. The Morgan fingerprint density at radius 3 is 2.48 bits per heavy atom. The van der Waals surface area contributed by atoms with Crippen LogP contribution in [0.3, 0.4) is 0 Å².